The molecule has 1 saturated heterocycles. The monoisotopic (exact) mass is 305 g/mol. The average Bonchev–Trinajstić information content (AvgIpc) is 2.70. The molecule has 0 bridgehead atoms. The Morgan fingerprint density at radius 2 is 2.18 bits per heavy atom. The summed E-state index contributed by atoms with van der Waals surface area (Å²) in [5, 5.41) is 1.02. The lowest BCUT2D eigenvalue weighted by atomic mass is 10.1. The molecule has 1 heterocycles. The number of carbonyl (C=O) groups excluding carboxylic acids is 1. The van der Waals surface area contributed by atoms with Gasteiger partial charge in [0.05, 0.1) is 5.60 Å². The summed E-state index contributed by atoms with van der Waals surface area (Å²) in [6, 6.07) is 0.434. The largest absolute Gasteiger partial charge is 0.366 e. The average molecular weight is 306 g/mol. The number of rotatable bonds is 5. The molecule has 0 aromatic heterocycles. The molecule has 0 aromatic rings. The summed E-state index contributed by atoms with van der Waals surface area (Å²) in [6.45, 7) is 7.05. The highest BCUT2D eigenvalue weighted by atomic mass is 79.9. The smallest absolute Gasteiger partial charge is 0.248 e. The SMILES string of the molecule is CC(C)(C)OCC(=O)N1CCCC1CCCBr. The molecule has 0 aliphatic carbocycles. The number of halogens is 1. The van der Waals surface area contributed by atoms with Crippen LogP contribution in [0.15, 0.2) is 0 Å². The van der Waals surface area contributed by atoms with E-state index in [1.165, 1.54) is 0 Å². The number of hydrogen-bond donors (Lipinski definition) is 0. The first kappa shape index (κ1) is 15.0. The zero-order chi connectivity index (χ0) is 12.9. The molecule has 17 heavy (non-hydrogen) atoms. The molecule has 1 rings (SSSR count). The van der Waals surface area contributed by atoms with Gasteiger partial charge in [-0.2, -0.15) is 0 Å². The summed E-state index contributed by atoms with van der Waals surface area (Å²) in [5.74, 6) is 0.150. The van der Waals surface area contributed by atoms with Gasteiger partial charge in [-0.15, -0.1) is 0 Å². The summed E-state index contributed by atoms with van der Waals surface area (Å²) < 4.78 is 5.56. The maximum Gasteiger partial charge on any atom is 0.248 e. The zero-order valence-electron chi connectivity index (χ0n) is 11.2. The first-order valence-corrected chi connectivity index (χ1v) is 7.55. The van der Waals surface area contributed by atoms with Gasteiger partial charge >= 0.3 is 0 Å². The first-order chi connectivity index (χ1) is 7.94. The van der Waals surface area contributed by atoms with Crippen LogP contribution in [0.1, 0.15) is 46.5 Å². The van der Waals surface area contributed by atoms with Gasteiger partial charge in [-0.3, -0.25) is 4.79 Å². The zero-order valence-corrected chi connectivity index (χ0v) is 12.8. The highest BCUT2D eigenvalue weighted by Gasteiger charge is 2.28. The summed E-state index contributed by atoms with van der Waals surface area (Å²) in [7, 11) is 0. The van der Waals surface area contributed by atoms with Crippen molar-refractivity contribution in [2.75, 3.05) is 18.5 Å². The van der Waals surface area contributed by atoms with Crippen molar-refractivity contribution in [2.24, 2.45) is 0 Å². The summed E-state index contributed by atoms with van der Waals surface area (Å²) >= 11 is 3.44. The van der Waals surface area contributed by atoms with Gasteiger partial charge in [0.2, 0.25) is 5.91 Å². The second-order valence-electron chi connectivity index (χ2n) is 5.62. The van der Waals surface area contributed by atoms with E-state index in [0.29, 0.717) is 6.04 Å². The van der Waals surface area contributed by atoms with Crippen LogP contribution >= 0.6 is 15.9 Å². The Kier molecular flexibility index (Phi) is 5.93. The molecule has 1 fully saturated rings. The van der Waals surface area contributed by atoms with E-state index in [1.54, 1.807) is 0 Å². The lowest BCUT2D eigenvalue weighted by Gasteiger charge is -2.27. The lowest BCUT2D eigenvalue weighted by Crippen LogP contribution is -2.39. The van der Waals surface area contributed by atoms with Crippen LogP contribution in [0.4, 0.5) is 0 Å². The van der Waals surface area contributed by atoms with Gasteiger partial charge < -0.3 is 9.64 Å². The molecule has 0 N–H and O–H groups in total. The number of likely N-dealkylation sites (tertiary alicyclic amines) is 1. The Bertz CT molecular complexity index is 250. The van der Waals surface area contributed by atoms with E-state index in [4.69, 9.17) is 4.74 Å². The van der Waals surface area contributed by atoms with Crippen LogP contribution in [-0.2, 0) is 9.53 Å². The van der Waals surface area contributed by atoms with E-state index in [-0.39, 0.29) is 18.1 Å². The second-order valence-corrected chi connectivity index (χ2v) is 6.41. The molecule has 0 aromatic carbocycles. The van der Waals surface area contributed by atoms with E-state index in [2.05, 4.69) is 15.9 Å². The number of amides is 1. The van der Waals surface area contributed by atoms with Gasteiger partial charge in [0.15, 0.2) is 0 Å². The third-order valence-corrected chi connectivity index (χ3v) is 3.56. The molecule has 0 spiro atoms. The van der Waals surface area contributed by atoms with Gasteiger partial charge in [-0.05, 0) is 46.5 Å². The molecule has 3 nitrogen and oxygen atoms in total. The van der Waals surface area contributed by atoms with Crippen molar-refractivity contribution in [1.29, 1.82) is 0 Å². The van der Waals surface area contributed by atoms with Crippen LogP contribution in [0.2, 0.25) is 0 Å². The Balaban J connectivity index is 2.39. The van der Waals surface area contributed by atoms with Gasteiger partial charge in [0, 0.05) is 17.9 Å². The minimum Gasteiger partial charge on any atom is -0.366 e. The minimum atomic E-state index is -0.235. The lowest BCUT2D eigenvalue weighted by molar-refractivity contribution is -0.141. The first-order valence-electron chi connectivity index (χ1n) is 6.43. The summed E-state index contributed by atoms with van der Waals surface area (Å²) in [6.07, 6.45) is 4.52. The van der Waals surface area contributed by atoms with Crippen molar-refractivity contribution in [1.82, 2.24) is 4.90 Å². The second kappa shape index (κ2) is 6.74. The third kappa shape index (κ3) is 5.38. The van der Waals surface area contributed by atoms with Crippen LogP contribution in [0.5, 0.6) is 0 Å². The molecule has 1 aliphatic heterocycles. The predicted octanol–water partition coefficient (Wildman–Crippen LogP) is 2.97. The van der Waals surface area contributed by atoms with Crippen LogP contribution in [0, 0.1) is 0 Å². The fourth-order valence-corrected chi connectivity index (χ4v) is 2.46. The molecule has 1 aliphatic rings. The Morgan fingerprint density at radius 3 is 2.76 bits per heavy atom. The van der Waals surface area contributed by atoms with Crippen molar-refractivity contribution in [3.05, 3.63) is 0 Å². The summed E-state index contributed by atoms with van der Waals surface area (Å²) in [4.78, 5) is 14.1. The van der Waals surface area contributed by atoms with Crippen molar-refractivity contribution in [3.63, 3.8) is 0 Å². The number of ether oxygens (including phenoxy) is 1. The van der Waals surface area contributed by atoms with Crippen molar-refractivity contribution < 1.29 is 9.53 Å². The molecule has 1 atom stereocenters. The molecule has 100 valence electrons. The van der Waals surface area contributed by atoms with Crippen molar-refractivity contribution in [3.8, 4) is 0 Å². The van der Waals surface area contributed by atoms with E-state index < -0.39 is 0 Å². The van der Waals surface area contributed by atoms with Crippen LogP contribution in [0.3, 0.4) is 0 Å². The van der Waals surface area contributed by atoms with Gasteiger partial charge in [0.1, 0.15) is 6.61 Å². The topological polar surface area (TPSA) is 29.5 Å². The molecule has 1 amide bonds. The molecular formula is C13H24BrNO2. The number of carbonyl (C=O) groups is 1. The molecule has 1 unspecified atom stereocenters. The Morgan fingerprint density at radius 1 is 1.47 bits per heavy atom. The number of alkyl halides is 1. The van der Waals surface area contributed by atoms with Crippen molar-refractivity contribution in [2.45, 2.75) is 58.1 Å². The maximum atomic E-state index is 12.1. The van der Waals surface area contributed by atoms with Crippen molar-refractivity contribution >= 4 is 21.8 Å². The molecule has 0 radical (unpaired) electrons. The third-order valence-electron chi connectivity index (χ3n) is 3.00. The van der Waals surface area contributed by atoms with E-state index in [1.807, 2.05) is 25.7 Å². The van der Waals surface area contributed by atoms with E-state index in [0.717, 1.165) is 37.6 Å². The normalized spacial score (nSPS) is 20.9. The maximum absolute atomic E-state index is 12.1. The molecular weight excluding hydrogens is 282 g/mol. The summed E-state index contributed by atoms with van der Waals surface area (Å²) in [5.41, 5.74) is -0.235. The van der Waals surface area contributed by atoms with Gasteiger partial charge in [-0.1, -0.05) is 15.9 Å². The highest BCUT2D eigenvalue weighted by molar-refractivity contribution is 9.09. The highest BCUT2D eigenvalue weighted by Crippen LogP contribution is 2.22. The van der Waals surface area contributed by atoms with Gasteiger partial charge in [0.25, 0.3) is 0 Å². The quantitative estimate of drug-likeness (QED) is 0.731. The molecule has 0 saturated carbocycles. The minimum absolute atomic E-state index is 0.150. The Hall–Kier alpha value is -0.0900. The Labute approximate surface area is 113 Å². The molecule has 4 heteroatoms. The number of hydrogen-bond acceptors (Lipinski definition) is 2. The number of nitrogens with zero attached hydrogens (tertiary/aromatic N) is 1. The van der Waals surface area contributed by atoms with Crippen LogP contribution in [-0.4, -0.2) is 40.9 Å². The van der Waals surface area contributed by atoms with E-state index >= 15 is 0 Å². The fourth-order valence-electron chi connectivity index (χ4n) is 2.14. The predicted molar refractivity (Wildman–Crippen MR) is 73.5 cm³/mol. The van der Waals surface area contributed by atoms with Crippen LogP contribution in [0.25, 0.3) is 0 Å². The standard InChI is InChI=1S/C13H24BrNO2/c1-13(2,3)17-10-12(16)15-9-5-7-11(15)6-4-8-14/h11H,4-10H2,1-3H3. The van der Waals surface area contributed by atoms with Crippen LogP contribution < -0.4 is 0 Å². The fraction of sp³-hybridized carbons (Fsp3) is 0.923. The van der Waals surface area contributed by atoms with E-state index in [9.17, 15) is 4.79 Å². The van der Waals surface area contributed by atoms with Gasteiger partial charge in [-0.25, -0.2) is 0 Å².